The van der Waals surface area contributed by atoms with Gasteiger partial charge in [-0.05, 0) is 43.9 Å². The van der Waals surface area contributed by atoms with Crippen molar-refractivity contribution < 1.29 is 9.53 Å². The number of nitrogens with zero attached hydrogens (tertiary/aromatic N) is 2. The van der Waals surface area contributed by atoms with Crippen LogP contribution in [-0.4, -0.2) is 22.1 Å². The number of fused-ring (bicyclic) bond motifs is 1. The van der Waals surface area contributed by atoms with Crippen molar-refractivity contribution >= 4 is 28.6 Å². The maximum atomic E-state index is 12.0. The Hall–Kier alpha value is -1.55. The van der Waals surface area contributed by atoms with E-state index in [1.807, 2.05) is 16.7 Å². The third-order valence-corrected chi connectivity index (χ3v) is 3.54. The van der Waals surface area contributed by atoms with Crippen LogP contribution >= 0.6 is 11.6 Å². The van der Waals surface area contributed by atoms with E-state index in [0.29, 0.717) is 23.4 Å². The summed E-state index contributed by atoms with van der Waals surface area (Å²) in [6, 6.07) is 5.45. The largest absolute Gasteiger partial charge is 0.461 e. The van der Waals surface area contributed by atoms with Gasteiger partial charge in [0, 0.05) is 11.9 Å². The van der Waals surface area contributed by atoms with Crippen molar-refractivity contribution in [2.24, 2.45) is 5.92 Å². The zero-order chi connectivity index (χ0) is 13.4. The summed E-state index contributed by atoms with van der Waals surface area (Å²) in [6.07, 6.45) is 2.42. The highest BCUT2D eigenvalue weighted by molar-refractivity contribution is 6.29. The van der Waals surface area contributed by atoms with Crippen LogP contribution in [0.1, 0.15) is 30.3 Å². The van der Waals surface area contributed by atoms with Crippen LogP contribution in [0.5, 0.6) is 0 Å². The number of carbonyl (C=O) groups excluding carboxylic acids is 1. The Morgan fingerprint density at radius 2 is 2.32 bits per heavy atom. The number of halogens is 1. The highest BCUT2D eigenvalue weighted by Crippen LogP contribution is 2.33. The van der Waals surface area contributed by atoms with Gasteiger partial charge in [-0.15, -0.1) is 0 Å². The molecule has 2 aromatic rings. The number of ether oxygens (including phenoxy) is 1. The van der Waals surface area contributed by atoms with Gasteiger partial charge in [0.25, 0.3) is 0 Å². The smallest absolute Gasteiger partial charge is 0.355 e. The van der Waals surface area contributed by atoms with Crippen LogP contribution in [0.15, 0.2) is 18.2 Å². The fraction of sp³-hybridized carbons (Fsp3) is 0.429. The molecule has 1 aliphatic carbocycles. The van der Waals surface area contributed by atoms with Crippen LogP contribution < -0.4 is 0 Å². The molecule has 1 aliphatic rings. The second kappa shape index (κ2) is 4.85. The third kappa shape index (κ3) is 2.45. The molecule has 0 bridgehead atoms. The Morgan fingerprint density at radius 3 is 3.00 bits per heavy atom. The molecule has 2 aromatic heterocycles. The van der Waals surface area contributed by atoms with Gasteiger partial charge in [0.1, 0.15) is 16.5 Å². The van der Waals surface area contributed by atoms with E-state index in [-0.39, 0.29) is 5.97 Å². The molecule has 2 heterocycles. The lowest BCUT2D eigenvalue weighted by Gasteiger charge is -2.08. The van der Waals surface area contributed by atoms with Gasteiger partial charge >= 0.3 is 5.97 Å². The first-order valence-corrected chi connectivity index (χ1v) is 6.89. The molecule has 0 unspecified atom stereocenters. The number of rotatable bonds is 4. The number of hydrogen-bond donors (Lipinski definition) is 0. The average molecular weight is 279 g/mol. The summed E-state index contributed by atoms with van der Waals surface area (Å²) in [5, 5.41) is 1.37. The van der Waals surface area contributed by atoms with Crippen LogP contribution in [0.4, 0.5) is 0 Å². The minimum Gasteiger partial charge on any atom is -0.461 e. The molecule has 1 saturated carbocycles. The van der Waals surface area contributed by atoms with Gasteiger partial charge in [-0.25, -0.2) is 9.78 Å². The van der Waals surface area contributed by atoms with E-state index < -0.39 is 0 Å². The molecule has 0 radical (unpaired) electrons. The van der Waals surface area contributed by atoms with Crippen LogP contribution in [-0.2, 0) is 11.3 Å². The standard InChI is InChI=1S/C14H15ClN2O2/c1-2-19-14(18)11-7-10-5-6-12(15)16-13(10)17(11)8-9-3-4-9/h5-7,9H,2-4,8H2,1H3. The molecule has 0 spiro atoms. The second-order valence-electron chi connectivity index (χ2n) is 4.85. The molecule has 3 rings (SSSR count). The van der Waals surface area contributed by atoms with E-state index in [0.717, 1.165) is 17.6 Å². The Kier molecular flexibility index (Phi) is 3.19. The van der Waals surface area contributed by atoms with Gasteiger partial charge in [-0.3, -0.25) is 0 Å². The first-order valence-electron chi connectivity index (χ1n) is 6.52. The number of aromatic nitrogens is 2. The zero-order valence-electron chi connectivity index (χ0n) is 10.7. The Bertz CT molecular complexity index is 632. The summed E-state index contributed by atoms with van der Waals surface area (Å²) in [6.45, 7) is 2.99. The summed E-state index contributed by atoms with van der Waals surface area (Å²) in [7, 11) is 0. The van der Waals surface area contributed by atoms with Gasteiger partial charge in [0.15, 0.2) is 0 Å². The van der Waals surface area contributed by atoms with Gasteiger partial charge in [0.05, 0.1) is 6.61 Å². The molecular weight excluding hydrogens is 264 g/mol. The number of hydrogen-bond acceptors (Lipinski definition) is 3. The Morgan fingerprint density at radius 1 is 1.53 bits per heavy atom. The van der Waals surface area contributed by atoms with Crippen LogP contribution in [0.25, 0.3) is 11.0 Å². The summed E-state index contributed by atoms with van der Waals surface area (Å²) in [4.78, 5) is 16.4. The zero-order valence-corrected chi connectivity index (χ0v) is 11.5. The molecule has 0 amide bonds. The Labute approximate surface area is 116 Å². The number of pyridine rings is 1. The van der Waals surface area contributed by atoms with E-state index >= 15 is 0 Å². The summed E-state index contributed by atoms with van der Waals surface area (Å²) < 4.78 is 7.05. The number of esters is 1. The summed E-state index contributed by atoms with van der Waals surface area (Å²) >= 11 is 5.95. The van der Waals surface area contributed by atoms with Crippen molar-refractivity contribution in [2.45, 2.75) is 26.3 Å². The molecule has 0 atom stereocenters. The molecule has 19 heavy (non-hydrogen) atoms. The number of carbonyl (C=O) groups is 1. The van der Waals surface area contributed by atoms with Gasteiger partial charge in [-0.1, -0.05) is 11.6 Å². The minimum absolute atomic E-state index is 0.294. The van der Waals surface area contributed by atoms with Crippen molar-refractivity contribution in [3.63, 3.8) is 0 Å². The third-order valence-electron chi connectivity index (χ3n) is 3.33. The van der Waals surface area contributed by atoms with Crippen molar-refractivity contribution in [1.82, 2.24) is 9.55 Å². The maximum absolute atomic E-state index is 12.0. The van der Waals surface area contributed by atoms with E-state index in [1.54, 1.807) is 13.0 Å². The quantitative estimate of drug-likeness (QED) is 0.637. The summed E-state index contributed by atoms with van der Waals surface area (Å²) in [5.74, 6) is 0.349. The molecule has 1 fully saturated rings. The van der Waals surface area contributed by atoms with E-state index in [1.165, 1.54) is 12.8 Å². The van der Waals surface area contributed by atoms with Gasteiger partial charge in [0.2, 0.25) is 0 Å². The van der Waals surface area contributed by atoms with Gasteiger partial charge < -0.3 is 9.30 Å². The SMILES string of the molecule is CCOC(=O)c1cc2ccc(Cl)nc2n1CC1CC1. The lowest BCUT2D eigenvalue weighted by Crippen LogP contribution is -2.13. The monoisotopic (exact) mass is 278 g/mol. The molecule has 5 heteroatoms. The first kappa shape index (κ1) is 12.5. The Balaban J connectivity index is 2.10. The van der Waals surface area contributed by atoms with Crippen LogP contribution in [0.3, 0.4) is 0 Å². The van der Waals surface area contributed by atoms with Crippen LogP contribution in [0, 0.1) is 5.92 Å². The molecule has 0 aromatic carbocycles. The first-order chi connectivity index (χ1) is 9.19. The van der Waals surface area contributed by atoms with E-state index in [4.69, 9.17) is 16.3 Å². The molecule has 100 valence electrons. The maximum Gasteiger partial charge on any atom is 0.355 e. The normalized spacial score (nSPS) is 14.8. The van der Waals surface area contributed by atoms with Crippen molar-refractivity contribution in [2.75, 3.05) is 6.61 Å². The minimum atomic E-state index is -0.294. The fourth-order valence-corrected chi connectivity index (χ4v) is 2.36. The van der Waals surface area contributed by atoms with Crippen molar-refractivity contribution in [3.8, 4) is 0 Å². The van der Waals surface area contributed by atoms with Gasteiger partial charge in [-0.2, -0.15) is 0 Å². The molecule has 4 nitrogen and oxygen atoms in total. The van der Waals surface area contributed by atoms with Crippen molar-refractivity contribution in [3.05, 3.63) is 29.0 Å². The van der Waals surface area contributed by atoms with E-state index in [9.17, 15) is 4.79 Å². The topological polar surface area (TPSA) is 44.1 Å². The highest BCUT2D eigenvalue weighted by Gasteiger charge is 2.26. The average Bonchev–Trinajstić information content (AvgIpc) is 3.12. The predicted molar refractivity (Wildman–Crippen MR) is 73.4 cm³/mol. The summed E-state index contributed by atoms with van der Waals surface area (Å²) in [5.41, 5.74) is 1.33. The molecule has 0 N–H and O–H groups in total. The molecule has 0 aliphatic heterocycles. The lowest BCUT2D eigenvalue weighted by molar-refractivity contribution is 0.0514. The van der Waals surface area contributed by atoms with Crippen molar-refractivity contribution in [1.29, 1.82) is 0 Å². The highest BCUT2D eigenvalue weighted by atomic mass is 35.5. The molecular formula is C14H15ClN2O2. The second-order valence-corrected chi connectivity index (χ2v) is 5.24. The molecule has 0 saturated heterocycles. The van der Waals surface area contributed by atoms with E-state index in [2.05, 4.69) is 4.98 Å². The van der Waals surface area contributed by atoms with Crippen LogP contribution in [0.2, 0.25) is 5.15 Å². The lowest BCUT2D eigenvalue weighted by atomic mass is 10.3. The fourth-order valence-electron chi connectivity index (χ4n) is 2.22. The predicted octanol–water partition coefficient (Wildman–Crippen LogP) is 3.28.